The van der Waals surface area contributed by atoms with Crippen LogP contribution in [-0.2, 0) is 11.2 Å². The molecular formula is C16H22N2O. The predicted molar refractivity (Wildman–Crippen MR) is 75.5 cm³/mol. The zero-order valence-corrected chi connectivity index (χ0v) is 11.2. The van der Waals surface area contributed by atoms with Crippen LogP contribution in [0.4, 0.5) is 0 Å². The first-order valence-corrected chi connectivity index (χ1v) is 7.30. The van der Waals surface area contributed by atoms with Gasteiger partial charge in [-0.1, -0.05) is 30.3 Å². The second-order valence-electron chi connectivity index (χ2n) is 6.06. The maximum atomic E-state index is 12.2. The Balaban J connectivity index is 1.53. The Morgan fingerprint density at radius 1 is 1.21 bits per heavy atom. The molecule has 2 aliphatic rings. The highest BCUT2D eigenvalue weighted by Crippen LogP contribution is 2.54. The fourth-order valence-corrected chi connectivity index (χ4v) is 3.34. The number of fused-ring (bicyclic) bond motifs is 1. The third-order valence-electron chi connectivity index (χ3n) is 4.57. The lowest BCUT2D eigenvalue weighted by atomic mass is 10.0. The van der Waals surface area contributed by atoms with Crippen LogP contribution in [0.15, 0.2) is 30.3 Å². The largest absolute Gasteiger partial charge is 0.352 e. The van der Waals surface area contributed by atoms with E-state index in [1.54, 1.807) is 0 Å². The molecule has 3 rings (SSSR count). The molecule has 3 nitrogen and oxygen atoms in total. The van der Waals surface area contributed by atoms with Crippen molar-refractivity contribution < 1.29 is 4.79 Å². The molecule has 3 atom stereocenters. The van der Waals surface area contributed by atoms with E-state index >= 15 is 0 Å². The average Bonchev–Trinajstić information content (AvgIpc) is 3.05. The van der Waals surface area contributed by atoms with Gasteiger partial charge in [-0.3, -0.25) is 4.79 Å². The minimum absolute atomic E-state index is 0.0619. The highest BCUT2D eigenvalue weighted by Gasteiger charge is 2.48. The van der Waals surface area contributed by atoms with E-state index in [-0.39, 0.29) is 17.9 Å². The molecule has 1 aromatic rings. The molecule has 2 saturated carbocycles. The molecule has 102 valence electrons. The van der Waals surface area contributed by atoms with Crippen LogP contribution in [0.1, 0.15) is 24.8 Å². The van der Waals surface area contributed by atoms with Crippen molar-refractivity contribution in [1.82, 2.24) is 5.32 Å². The number of hydrogen-bond donors (Lipinski definition) is 2. The van der Waals surface area contributed by atoms with E-state index in [1.807, 2.05) is 18.2 Å². The maximum Gasteiger partial charge on any atom is 0.223 e. The normalized spacial score (nSPS) is 29.6. The first kappa shape index (κ1) is 12.7. The van der Waals surface area contributed by atoms with Crippen LogP contribution >= 0.6 is 0 Å². The summed E-state index contributed by atoms with van der Waals surface area (Å²) in [5.74, 6) is 2.16. The third-order valence-corrected chi connectivity index (χ3v) is 4.57. The van der Waals surface area contributed by atoms with Gasteiger partial charge in [0.2, 0.25) is 5.91 Å². The van der Waals surface area contributed by atoms with Gasteiger partial charge in [-0.15, -0.1) is 0 Å². The fraction of sp³-hybridized carbons (Fsp3) is 0.562. The number of carbonyl (C=O) groups is 1. The van der Waals surface area contributed by atoms with Crippen molar-refractivity contribution in [2.75, 3.05) is 6.54 Å². The van der Waals surface area contributed by atoms with Crippen molar-refractivity contribution in [3.63, 3.8) is 0 Å². The first-order valence-electron chi connectivity index (χ1n) is 7.30. The summed E-state index contributed by atoms with van der Waals surface area (Å²) in [6.07, 6.45) is 4.37. The highest BCUT2D eigenvalue weighted by molar-refractivity contribution is 5.79. The molecule has 1 amide bonds. The third kappa shape index (κ3) is 2.98. The topological polar surface area (TPSA) is 55.1 Å². The summed E-state index contributed by atoms with van der Waals surface area (Å²) in [5.41, 5.74) is 7.02. The summed E-state index contributed by atoms with van der Waals surface area (Å²) >= 11 is 0. The Kier molecular flexibility index (Phi) is 3.56. The number of hydrogen-bond acceptors (Lipinski definition) is 2. The molecule has 0 aliphatic heterocycles. The summed E-state index contributed by atoms with van der Waals surface area (Å²) < 4.78 is 0. The molecule has 2 fully saturated rings. The minimum Gasteiger partial charge on any atom is -0.352 e. The van der Waals surface area contributed by atoms with E-state index < -0.39 is 0 Å². The van der Waals surface area contributed by atoms with E-state index in [4.69, 9.17) is 5.73 Å². The lowest BCUT2D eigenvalue weighted by molar-refractivity contribution is -0.125. The Labute approximate surface area is 114 Å². The lowest BCUT2D eigenvalue weighted by Gasteiger charge is -2.20. The van der Waals surface area contributed by atoms with Crippen LogP contribution in [0.5, 0.6) is 0 Å². The lowest BCUT2D eigenvalue weighted by Crippen LogP contribution is -2.44. The Morgan fingerprint density at radius 3 is 2.53 bits per heavy atom. The Hall–Kier alpha value is -1.35. The van der Waals surface area contributed by atoms with Gasteiger partial charge in [0.1, 0.15) is 0 Å². The zero-order chi connectivity index (χ0) is 13.2. The second kappa shape index (κ2) is 5.33. The van der Waals surface area contributed by atoms with E-state index in [1.165, 1.54) is 12.0 Å². The number of nitrogens with one attached hydrogen (secondary N) is 1. The van der Waals surface area contributed by atoms with Crippen LogP contribution in [0.2, 0.25) is 0 Å². The monoisotopic (exact) mass is 258 g/mol. The number of nitrogens with two attached hydrogens (primary N) is 1. The van der Waals surface area contributed by atoms with Gasteiger partial charge in [0.05, 0.1) is 0 Å². The smallest absolute Gasteiger partial charge is 0.223 e. The second-order valence-corrected chi connectivity index (χ2v) is 6.06. The SMILES string of the molecule is NCC(Cc1ccccc1)NC(=O)C1CC2CC2C1. The van der Waals surface area contributed by atoms with Crippen molar-refractivity contribution in [2.24, 2.45) is 23.5 Å². The molecule has 3 N–H and O–H groups in total. The number of rotatable bonds is 5. The standard InChI is InChI=1S/C16H22N2O/c17-10-15(6-11-4-2-1-3-5-11)18-16(19)14-8-12-7-13(12)9-14/h1-5,12-15H,6-10,17H2,(H,18,19). The first-order chi connectivity index (χ1) is 9.26. The van der Waals surface area contributed by atoms with Crippen LogP contribution in [0.3, 0.4) is 0 Å². The minimum atomic E-state index is 0.0619. The van der Waals surface area contributed by atoms with Gasteiger partial charge in [0, 0.05) is 18.5 Å². The molecule has 0 bridgehead atoms. The summed E-state index contributed by atoms with van der Waals surface area (Å²) in [7, 11) is 0. The average molecular weight is 258 g/mol. The Morgan fingerprint density at radius 2 is 1.89 bits per heavy atom. The summed E-state index contributed by atoms with van der Waals surface area (Å²) in [4.78, 5) is 12.2. The molecule has 0 heterocycles. The molecule has 0 aromatic heterocycles. The number of amides is 1. The van der Waals surface area contributed by atoms with Crippen molar-refractivity contribution in [3.05, 3.63) is 35.9 Å². The van der Waals surface area contributed by atoms with Gasteiger partial charge >= 0.3 is 0 Å². The van der Waals surface area contributed by atoms with Gasteiger partial charge in [0.25, 0.3) is 0 Å². The van der Waals surface area contributed by atoms with Crippen molar-refractivity contribution >= 4 is 5.91 Å². The zero-order valence-electron chi connectivity index (χ0n) is 11.2. The molecule has 3 unspecified atom stereocenters. The molecular weight excluding hydrogens is 236 g/mol. The summed E-state index contributed by atoms with van der Waals surface area (Å²) in [6, 6.07) is 10.3. The van der Waals surface area contributed by atoms with Gasteiger partial charge in [-0.05, 0) is 43.1 Å². The van der Waals surface area contributed by atoms with Gasteiger partial charge in [-0.2, -0.15) is 0 Å². The fourth-order valence-electron chi connectivity index (χ4n) is 3.34. The summed E-state index contributed by atoms with van der Waals surface area (Å²) in [6.45, 7) is 0.500. The molecule has 2 aliphatic carbocycles. The van der Waals surface area contributed by atoms with Gasteiger partial charge in [0.15, 0.2) is 0 Å². The van der Waals surface area contributed by atoms with Crippen LogP contribution < -0.4 is 11.1 Å². The molecule has 0 radical (unpaired) electrons. The van der Waals surface area contributed by atoms with Gasteiger partial charge in [-0.25, -0.2) is 0 Å². The van der Waals surface area contributed by atoms with Crippen molar-refractivity contribution in [1.29, 1.82) is 0 Å². The molecule has 0 spiro atoms. The van der Waals surface area contributed by atoms with Crippen LogP contribution in [0, 0.1) is 17.8 Å². The Bertz CT molecular complexity index is 435. The molecule has 19 heavy (non-hydrogen) atoms. The van der Waals surface area contributed by atoms with E-state index in [0.29, 0.717) is 6.54 Å². The van der Waals surface area contributed by atoms with E-state index in [0.717, 1.165) is 31.1 Å². The quantitative estimate of drug-likeness (QED) is 0.845. The molecule has 0 saturated heterocycles. The van der Waals surface area contributed by atoms with E-state index in [9.17, 15) is 4.79 Å². The number of benzene rings is 1. The van der Waals surface area contributed by atoms with Crippen LogP contribution in [0.25, 0.3) is 0 Å². The van der Waals surface area contributed by atoms with Crippen molar-refractivity contribution in [2.45, 2.75) is 31.7 Å². The highest BCUT2D eigenvalue weighted by atomic mass is 16.1. The predicted octanol–water partition coefficient (Wildman–Crippen LogP) is 1.72. The van der Waals surface area contributed by atoms with Crippen molar-refractivity contribution in [3.8, 4) is 0 Å². The number of carbonyl (C=O) groups excluding carboxylic acids is 1. The van der Waals surface area contributed by atoms with Gasteiger partial charge < -0.3 is 11.1 Å². The molecule has 3 heteroatoms. The van der Waals surface area contributed by atoms with Crippen LogP contribution in [-0.4, -0.2) is 18.5 Å². The maximum absolute atomic E-state index is 12.2. The summed E-state index contributed by atoms with van der Waals surface area (Å²) in [5, 5.41) is 3.13. The van der Waals surface area contributed by atoms with E-state index in [2.05, 4.69) is 17.4 Å². The molecule has 1 aromatic carbocycles.